The third kappa shape index (κ3) is 3.45. The smallest absolute Gasteiger partial charge is 0.253 e. The first kappa shape index (κ1) is 12.9. The molecule has 1 aromatic carbocycles. The van der Waals surface area contributed by atoms with Crippen LogP contribution in [0.4, 0.5) is 5.69 Å². The molecule has 1 aliphatic rings. The van der Waals surface area contributed by atoms with Crippen molar-refractivity contribution in [3.8, 4) is 0 Å². The summed E-state index contributed by atoms with van der Waals surface area (Å²) in [5.41, 5.74) is 6.84. The van der Waals surface area contributed by atoms with Crippen LogP contribution in [-0.4, -0.2) is 50.1 Å². The van der Waals surface area contributed by atoms with E-state index < -0.39 is 0 Å². The number of nitrogen functional groups attached to an aromatic ring is 1. The van der Waals surface area contributed by atoms with Crippen molar-refractivity contribution in [2.45, 2.75) is 0 Å². The number of hydrogen-bond acceptors (Lipinski definition) is 4. The first-order valence-corrected chi connectivity index (χ1v) is 6.33. The van der Waals surface area contributed by atoms with Crippen molar-refractivity contribution in [3.63, 3.8) is 0 Å². The van der Waals surface area contributed by atoms with Crippen LogP contribution in [0.3, 0.4) is 0 Å². The lowest BCUT2D eigenvalue weighted by molar-refractivity contribution is 0.0948. The summed E-state index contributed by atoms with van der Waals surface area (Å²) in [6.45, 7) is 5.69. The van der Waals surface area contributed by atoms with Gasteiger partial charge in [-0.15, -0.1) is 0 Å². The summed E-state index contributed by atoms with van der Waals surface area (Å²) >= 11 is 0. The van der Waals surface area contributed by atoms with Crippen LogP contribution in [0.5, 0.6) is 0 Å². The molecular formula is C13H20N4O. The molecule has 0 bridgehead atoms. The number of rotatable bonds is 4. The number of nitrogens with two attached hydrogens (primary N) is 1. The van der Waals surface area contributed by atoms with Crippen molar-refractivity contribution in [2.24, 2.45) is 0 Å². The number of para-hydroxylation sites is 1. The Labute approximate surface area is 107 Å². The van der Waals surface area contributed by atoms with E-state index >= 15 is 0 Å². The number of anilines is 1. The molecule has 0 saturated carbocycles. The van der Waals surface area contributed by atoms with E-state index in [0.717, 1.165) is 32.7 Å². The van der Waals surface area contributed by atoms with E-state index in [2.05, 4.69) is 15.5 Å². The monoisotopic (exact) mass is 248 g/mol. The van der Waals surface area contributed by atoms with Crippen molar-refractivity contribution in [2.75, 3.05) is 45.0 Å². The molecule has 1 heterocycles. The molecule has 1 aromatic rings. The van der Waals surface area contributed by atoms with Crippen LogP contribution in [0, 0.1) is 0 Å². The van der Waals surface area contributed by atoms with E-state index in [1.165, 1.54) is 0 Å². The largest absolute Gasteiger partial charge is 0.398 e. The van der Waals surface area contributed by atoms with Gasteiger partial charge >= 0.3 is 0 Å². The highest BCUT2D eigenvalue weighted by atomic mass is 16.1. The summed E-state index contributed by atoms with van der Waals surface area (Å²) < 4.78 is 0. The average molecular weight is 248 g/mol. The number of carbonyl (C=O) groups excluding carboxylic acids is 1. The lowest BCUT2D eigenvalue weighted by Gasteiger charge is -2.27. The van der Waals surface area contributed by atoms with Gasteiger partial charge in [0.25, 0.3) is 5.91 Å². The van der Waals surface area contributed by atoms with Gasteiger partial charge in [0.2, 0.25) is 0 Å². The number of piperazine rings is 1. The van der Waals surface area contributed by atoms with Gasteiger partial charge in [-0.3, -0.25) is 9.69 Å². The summed E-state index contributed by atoms with van der Waals surface area (Å²) in [6.07, 6.45) is 0. The number of amides is 1. The second-order valence-corrected chi connectivity index (χ2v) is 4.43. The van der Waals surface area contributed by atoms with Crippen molar-refractivity contribution < 1.29 is 4.79 Å². The van der Waals surface area contributed by atoms with Crippen LogP contribution in [0.1, 0.15) is 10.4 Å². The van der Waals surface area contributed by atoms with Gasteiger partial charge in [0.15, 0.2) is 0 Å². The van der Waals surface area contributed by atoms with Crippen LogP contribution >= 0.6 is 0 Å². The zero-order valence-electron chi connectivity index (χ0n) is 10.5. The quantitative estimate of drug-likeness (QED) is 0.651. The minimum atomic E-state index is -0.0942. The highest BCUT2D eigenvalue weighted by Gasteiger charge is 2.11. The van der Waals surface area contributed by atoms with E-state index in [9.17, 15) is 4.79 Å². The molecule has 0 aliphatic carbocycles. The van der Waals surface area contributed by atoms with Gasteiger partial charge in [-0.05, 0) is 12.1 Å². The Kier molecular flexibility index (Phi) is 4.55. The van der Waals surface area contributed by atoms with Gasteiger partial charge in [-0.2, -0.15) is 0 Å². The molecule has 0 radical (unpaired) electrons. The van der Waals surface area contributed by atoms with E-state index in [0.29, 0.717) is 17.8 Å². The Balaban J connectivity index is 1.76. The third-order valence-corrected chi connectivity index (χ3v) is 3.13. The molecule has 2 rings (SSSR count). The lowest BCUT2D eigenvalue weighted by Crippen LogP contribution is -2.46. The maximum atomic E-state index is 11.9. The summed E-state index contributed by atoms with van der Waals surface area (Å²) in [7, 11) is 0. The van der Waals surface area contributed by atoms with Gasteiger partial charge in [0.1, 0.15) is 0 Å². The van der Waals surface area contributed by atoms with Crippen LogP contribution in [-0.2, 0) is 0 Å². The molecule has 0 unspecified atom stereocenters. The van der Waals surface area contributed by atoms with Crippen molar-refractivity contribution in [3.05, 3.63) is 29.8 Å². The van der Waals surface area contributed by atoms with Crippen molar-refractivity contribution >= 4 is 11.6 Å². The van der Waals surface area contributed by atoms with Gasteiger partial charge < -0.3 is 16.4 Å². The van der Waals surface area contributed by atoms with Crippen molar-refractivity contribution in [1.29, 1.82) is 0 Å². The molecule has 0 atom stereocenters. The first-order chi connectivity index (χ1) is 8.77. The normalized spacial score (nSPS) is 16.4. The van der Waals surface area contributed by atoms with E-state index in [-0.39, 0.29) is 5.91 Å². The highest BCUT2D eigenvalue weighted by molar-refractivity contribution is 5.99. The maximum Gasteiger partial charge on any atom is 0.253 e. The Bertz CT molecular complexity index is 402. The number of nitrogens with one attached hydrogen (secondary N) is 2. The molecule has 5 heteroatoms. The molecule has 1 fully saturated rings. The van der Waals surface area contributed by atoms with E-state index in [1.807, 2.05) is 12.1 Å². The Morgan fingerprint density at radius 3 is 2.78 bits per heavy atom. The predicted octanol–water partition coefficient (Wildman–Crippen LogP) is -0.0962. The lowest BCUT2D eigenvalue weighted by atomic mass is 10.1. The van der Waals surface area contributed by atoms with E-state index in [1.54, 1.807) is 12.1 Å². The van der Waals surface area contributed by atoms with Gasteiger partial charge in [0, 0.05) is 45.0 Å². The third-order valence-electron chi connectivity index (χ3n) is 3.13. The SMILES string of the molecule is Nc1ccccc1C(=O)NCCN1CCNCC1. The number of nitrogens with zero attached hydrogens (tertiary/aromatic N) is 1. The predicted molar refractivity (Wildman–Crippen MR) is 72.5 cm³/mol. The molecule has 1 saturated heterocycles. The molecule has 18 heavy (non-hydrogen) atoms. The standard InChI is InChI=1S/C13H20N4O/c14-12-4-2-1-3-11(12)13(18)16-7-10-17-8-5-15-6-9-17/h1-4,15H,5-10,14H2,(H,16,18). The van der Waals surface area contributed by atoms with Crippen molar-refractivity contribution in [1.82, 2.24) is 15.5 Å². The molecule has 98 valence electrons. The van der Waals surface area contributed by atoms with Gasteiger partial charge in [0.05, 0.1) is 5.56 Å². The number of benzene rings is 1. The van der Waals surface area contributed by atoms with E-state index in [4.69, 9.17) is 5.73 Å². The Morgan fingerprint density at radius 1 is 1.33 bits per heavy atom. The minimum Gasteiger partial charge on any atom is -0.398 e. The molecule has 4 N–H and O–H groups in total. The molecule has 5 nitrogen and oxygen atoms in total. The van der Waals surface area contributed by atoms with Gasteiger partial charge in [-0.25, -0.2) is 0 Å². The molecule has 1 amide bonds. The number of carbonyl (C=O) groups is 1. The molecule has 1 aliphatic heterocycles. The topological polar surface area (TPSA) is 70.4 Å². The zero-order valence-corrected chi connectivity index (χ0v) is 10.5. The molecule has 0 spiro atoms. The van der Waals surface area contributed by atoms with Crippen LogP contribution in [0.15, 0.2) is 24.3 Å². The second kappa shape index (κ2) is 6.37. The Hall–Kier alpha value is -1.59. The van der Waals surface area contributed by atoms with Gasteiger partial charge in [-0.1, -0.05) is 12.1 Å². The molecular weight excluding hydrogens is 228 g/mol. The summed E-state index contributed by atoms with van der Waals surface area (Å²) in [5.74, 6) is -0.0942. The second-order valence-electron chi connectivity index (χ2n) is 4.43. The van der Waals surface area contributed by atoms with Crippen LogP contribution < -0.4 is 16.4 Å². The number of hydrogen-bond donors (Lipinski definition) is 3. The van der Waals surface area contributed by atoms with Crippen LogP contribution in [0.2, 0.25) is 0 Å². The highest BCUT2D eigenvalue weighted by Crippen LogP contribution is 2.09. The first-order valence-electron chi connectivity index (χ1n) is 6.33. The average Bonchev–Trinajstić information content (AvgIpc) is 2.40. The molecule has 0 aromatic heterocycles. The fourth-order valence-corrected chi connectivity index (χ4v) is 2.06. The Morgan fingerprint density at radius 2 is 2.06 bits per heavy atom. The maximum absolute atomic E-state index is 11.9. The summed E-state index contributed by atoms with van der Waals surface area (Å²) in [6, 6.07) is 7.13. The minimum absolute atomic E-state index is 0.0942. The van der Waals surface area contributed by atoms with Crippen LogP contribution in [0.25, 0.3) is 0 Å². The summed E-state index contributed by atoms with van der Waals surface area (Å²) in [5, 5.41) is 6.21. The fraction of sp³-hybridized carbons (Fsp3) is 0.462. The summed E-state index contributed by atoms with van der Waals surface area (Å²) in [4.78, 5) is 14.2. The zero-order chi connectivity index (χ0) is 12.8. The fourth-order valence-electron chi connectivity index (χ4n) is 2.06.